The number of halogens is 1. The first kappa shape index (κ1) is 17.8. The Kier molecular flexibility index (Phi) is 6.20. The van der Waals surface area contributed by atoms with Crippen molar-refractivity contribution in [1.29, 1.82) is 0 Å². The van der Waals surface area contributed by atoms with E-state index in [9.17, 15) is 14.0 Å². The third-order valence-corrected chi connectivity index (χ3v) is 4.23. The number of amides is 2. The molecule has 5 nitrogen and oxygen atoms in total. The van der Waals surface area contributed by atoms with Crippen LogP contribution in [0.4, 0.5) is 15.8 Å². The summed E-state index contributed by atoms with van der Waals surface area (Å²) >= 11 is 1.30. The molecular formula is C17H18FN3O2S. The molecule has 0 saturated heterocycles. The SMILES string of the molecule is C[C@H](Nc1ccccc1SCC(N)=O)C(=O)Nc1ccc(F)cc1. The number of hydrogen-bond acceptors (Lipinski definition) is 4. The predicted molar refractivity (Wildman–Crippen MR) is 94.5 cm³/mol. The van der Waals surface area contributed by atoms with Crippen molar-refractivity contribution in [2.75, 3.05) is 16.4 Å². The lowest BCUT2D eigenvalue weighted by atomic mass is 10.2. The van der Waals surface area contributed by atoms with Crippen LogP contribution in [0.25, 0.3) is 0 Å². The first-order valence-electron chi connectivity index (χ1n) is 7.29. The molecule has 2 aromatic rings. The summed E-state index contributed by atoms with van der Waals surface area (Å²) in [5, 5.41) is 5.82. The maximum atomic E-state index is 12.9. The van der Waals surface area contributed by atoms with Gasteiger partial charge in [0.15, 0.2) is 0 Å². The zero-order chi connectivity index (χ0) is 17.5. The first-order chi connectivity index (χ1) is 11.5. The summed E-state index contributed by atoms with van der Waals surface area (Å²) in [5.41, 5.74) is 6.43. The van der Waals surface area contributed by atoms with Crippen molar-refractivity contribution in [2.45, 2.75) is 17.9 Å². The number of hydrogen-bond donors (Lipinski definition) is 3. The third-order valence-electron chi connectivity index (χ3n) is 3.13. The number of benzene rings is 2. The molecular weight excluding hydrogens is 329 g/mol. The first-order valence-corrected chi connectivity index (χ1v) is 8.27. The van der Waals surface area contributed by atoms with Gasteiger partial charge in [-0.1, -0.05) is 12.1 Å². The maximum absolute atomic E-state index is 12.9. The van der Waals surface area contributed by atoms with Crippen molar-refractivity contribution in [3.63, 3.8) is 0 Å². The van der Waals surface area contributed by atoms with E-state index in [0.29, 0.717) is 5.69 Å². The van der Waals surface area contributed by atoms with E-state index in [1.807, 2.05) is 24.3 Å². The highest BCUT2D eigenvalue weighted by Crippen LogP contribution is 2.27. The Balaban J connectivity index is 2.00. The molecule has 2 aromatic carbocycles. The molecule has 2 amide bonds. The molecule has 0 unspecified atom stereocenters. The molecule has 0 aliphatic heterocycles. The molecule has 4 N–H and O–H groups in total. The van der Waals surface area contributed by atoms with Crippen LogP contribution >= 0.6 is 11.8 Å². The van der Waals surface area contributed by atoms with Crippen molar-refractivity contribution in [2.24, 2.45) is 5.73 Å². The van der Waals surface area contributed by atoms with E-state index in [-0.39, 0.29) is 17.5 Å². The fraction of sp³-hybridized carbons (Fsp3) is 0.176. The summed E-state index contributed by atoms with van der Waals surface area (Å²) in [6, 6.07) is 12.4. The monoisotopic (exact) mass is 347 g/mol. The Hall–Kier alpha value is -2.54. The van der Waals surface area contributed by atoms with Gasteiger partial charge in [-0.3, -0.25) is 9.59 Å². The fourth-order valence-electron chi connectivity index (χ4n) is 1.94. The van der Waals surface area contributed by atoms with Crippen LogP contribution in [0.1, 0.15) is 6.92 Å². The van der Waals surface area contributed by atoms with Crippen LogP contribution in [0.15, 0.2) is 53.4 Å². The summed E-state index contributed by atoms with van der Waals surface area (Å²) in [6.07, 6.45) is 0. The Morgan fingerprint density at radius 3 is 2.50 bits per heavy atom. The van der Waals surface area contributed by atoms with Crippen LogP contribution < -0.4 is 16.4 Å². The van der Waals surface area contributed by atoms with Gasteiger partial charge in [-0.05, 0) is 43.3 Å². The largest absolute Gasteiger partial charge is 0.373 e. The minimum Gasteiger partial charge on any atom is -0.373 e. The van der Waals surface area contributed by atoms with Gasteiger partial charge in [0.25, 0.3) is 0 Å². The van der Waals surface area contributed by atoms with E-state index in [2.05, 4.69) is 10.6 Å². The van der Waals surface area contributed by atoms with Crippen LogP contribution in [0.5, 0.6) is 0 Å². The van der Waals surface area contributed by atoms with Gasteiger partial charge in [-0.15, -0.1) is 11.8 Å². The van der Waals surface area contributed by atoms with Gasteiger partial charge in [-0.25, -0.2) is 4.39 Å². The zero-order valence-corrected chi connectivity index (χ0v) is 13.9. The number of rotatable bonds is 7. The number of nitrogens with two attached hydrogens (primary N) is 1. The minimum absolute atomic E-state index is 0.162. The molecule has 0 bridgehead atoms. The average molecular weight is 347 g/mol. The van der Waals surface area contributed by atoms with Gasteiger partial charge in [-0.2, -0.15) is 0 Å². The molecule has 0 fully saturated rings. The summed E-state index contributed by atoms with van der Waals surface area (Å²) < 4.78 is 12.9. The molecule has 0 heterocycles. The molecule has 0 radical (unpaired) electrons. The molecule has 0 spiro atoms. The van der Waals surface area contributed by atoms with Crippen molar-refractivity contribution in [3.8, 4) is 0 Å². The summed E-state index contributed by atoms with van der Waals surface area (Å²) in [5.74, 6) is -0.859. The second-order valence-corrected chi connectivity index (χ2v) is 6.13. The van der Waals surface area contributed by atoms with E-state index in [1.54, 1.807) is 6.92 Å². The van der Waals surface area contributed by atoms with E-state index < -0.39 is 11.9 Å². The van der Waals surface area contributed by atoms with E-state index >= 15 is 0 Å². The number of para-hydroxylation sites is 1. The molecule has 0 aliphatic rings. The quantitative estimate of drug-likeness (QED) is 0.673. The standard InChI is InChI=1S/C17H18FN3O2S/c1-11(17(23)21-13-8-6-12(18)7-9-13)20-14-4-2-3-5-15(14)24-10-16(19)22/h2-9,11,20H,10H2,1H3,(H2,19,22)(H,21,23)/t11-/m0/s1. The summed E-state index contributed by atoms with van der Waals surface area (Å²) in [6.45, 7) is 1.72. The lowest BCUT2D eigenvalue weighted by Crippen LogP contribution is -2.32. The third kappa shape index (κ3) is 5.27. The van der Waals surface area contributed by atoms with Crippen molar-refractivity contribution < 1.29 is 14.0 Å². The van der Waals surface area contributed by atoms with E-state index in [4.69, 9.17) is 5.73 Å². The van der Waals surface area contributed by atoms with Crippen LogP contribution in [0, 0.1) is 5.82 Å². The van der Waals surface area contributed by atoms with Gasteiger partial charge in [0.2, 0.25) is 11.8 Å². The van der Waals surface area contributed by atoms with Crippen molar-refractivity contribution in [1.82, 2.24) is 0 Å². The lowest BCUT2D eigenvalue weighted by Gasteiger charge is -2.17. The number of primary amides is 1. The zero-order valence-electron chi connectivity index (χ0n) is 13.1. The fourth-order valence-corrected chi connectivity index (χ4v) is 2.70. The highest BCUT2D eigenvalue weighted by atomic mass is 32.2. The van der Waals surface area contributed by atoms with Crippen LogP contribution in [-0.4, -0.2) is 23.6 Å². The van der Waals surface area contributed by atoms with Crippen molar-refractivity contribution >= 4 is 35.0 Å². The van der Waals surface area contributed by atoms with Gasteiger partial charge < -0.3 is 16.4 Å². The second-order valence-electron chi connectivity index (χ2n) is 5.11. The molecule has 2 rings (SSSR count). The highest BCUT2D eigenvalue weighted by molar-refractivity contribution is 8.00. The number of carbonyl (C=O) groups excluding carboxylic acids is 2. The van der Waals surface area contributed by atoms with Crippen LogP contribution in [-0.2, 0) is 9.59 Å². The number of nitrogens with one attached hydrogen (secondary N) is 2. The maximum Gasteiger partial charge on any atom is 0.246 e. The molecule has 0 aromatic heterocycles. The highest BCUT2D eigenvalue weighted by Gasteiger charge is 2.15. The lowest BCUT2D eigenvalue weighted by molar-refractivity contribution is -0.117. The van der Waals surface area contributed by atoms with E-state index in [0.717, 1.165) is 10.6 Å². The molecule has 126 valence electrons. The molecule has 0 aliphatic carbocycles. The number of anilines is 2. The van der Waals surface area contributed by atoms with E-state index in [1.165, 1.54) is 36.0 Å². The minimum atomic E-state index is -0.523. The second kappa shape index (κ2) is 8.35. The van der Waals surface area contributed by atoms with Gasteiger partial charge >= 0.3 is 0 Å². The Morgan fingerprint density at radius 1 is 1.17 bits per heavy atom. The van der Waals surface area contributed by atoms with Gasteiger partial charge in [0.1, 0.15) is 11.9 Å². The number of carbonyl (C=O) groups is 2. The van der Waals surface area contributed by atoms with Gasteiger partial charge in [0, 0.05) is 16.3 Å². The van der Waals surface area contributed by atoms with Crippen LogP contribution in [0.3, 0.4) is 0 Å². The molecule has 1 atom stereocenters. The molecule has 0 saturated carbocycles. The topological polar surface area (TPSA) is 84.2 Å². The van der Waals surface area contributed by atoms with Gasteiger partial charge in [0.05, 0.1) is 5.75 Å². The summed E-state index contributed by atoms with van der Waals surface area (Å²) in [4.78, 5) is 24.0. The smallest absolute Gasteiger partial charge is 0.246 e. The molecule has 24 heavy (non-hydrogen) atoms. The predicted octanol–water partition coefficient (Wildman–Crippen LogP) is 2.84. The normalized spacial score (nSPS) is 11.6. The van der Waals surface area contributed by atoms with Crippen LogP contribution in [0.2, 0.25) is 0 Å². The summed E-state index contributed by atoms with van der Waals surface area (Å²) in [7, 11) is 0. The Bertz CT molecular complexity index is 722. The Labute approximate surface area is 143 Å². The average Bonchev–Trinajstić information content (AvgIpc) is 2.56. The Morgan fingerprint density at radius 2 is 1.83 bits per heavy atom. The van der Waals surface area contributed by atoms with Crippen molar-refractivity contribution in [3.05, 3.63) is 54.3 Å². The molecule has 7 heteroatoms. The number of thioether (sulfide) groups is 1.